The maximum Gasteiger partial charge on any atom is 0.223 e. The predicted octanol–water partition coefficient (Wildman–Crippen LogP) is 3.36. The Bertz CT molecular complexity index is 291. The van der Waals surface area contributed by atoms with Gasteiger partial charge in [-0.2, -0.15) is 0 Å². The molecule has 0 fully saturated rings. The second kappa shape index (κ2) is 5.91. The Morgan fingerprint density at radius 3 is 2.60 bits per heavy atom. The van der Waals surface area contributed by atoms with E-state index >= 15 is 0 Å². The summed E-state index contributed by atoms with van der Waals surface area (Å²) in [6.07, 6.45) is 1.83. The first-order chi connectivity index (χ1) is 7.19. The zero-order valence-electron chi connectivity index (χ0n) is 9.62. The van der Waals surface area contributed by atoms with Crippen molar-refractivity contribution >= 4 is 17.2 Å². The lowest BCUT2D eigenvalue weighted by molar-refractivity contribution is -0.125. The van der Waals surface area contributed by atoms with E-state index in [4.69, 9.17) is 0 Å². The third-order valence-corrected chi connectivity index (χ3v) is 3.74. The lowest BCUT2D eigenvalue weighted by atomic mass is 10.0. The van der Waals surface area contributed by atoms with Crippen LogP contribution in [0, 0.1) is 5.92 Å². The van der Waals surface area contributed by atoms with E-state index in [2.05, 4.69) is 25.2 Å². The van der Waals surface area contributed by atoms with E-state index in [-0.39, 0.29) is 17.9 Å². The highest BCUT2D eigenvalue weighted by molar-refractivity contribution is 7.10. The lowest BCUT2D eigenvalue weighted by Gasteiger charge is -2.17. The number of carbonyl (C=O) groups excluding carboxylic acids is 1. The number of hydrogen-bond donors (Lipinski definition) is 1. The summed E-state index contributed by atoms with van der Waals surface area (Å²) in [5.41, 5.74) is 0. The smallest absolute Gasteiger partial charge is 0.223 e. The molecule has 1 rings (SSSR count). The quantitative estimate of drug-likeness (QED) is 0.818. The first kappa shape index (κ1) is 12.2. The Morgan fingerprint density at radius 2 is 2.13 bits per heavy atom. The number of nitrogens with one attached hydrogen (secondary N) is 1. The standard InChI is InChI=1S/C12H19NOS/c1-4-10(5-2)12(14)13-9(3)11-7-6-8-15-11/h6-10H,4-5H2,1-3H3,(H,13,14). The van der Waals surface area contributed by atoms with Gasteiger partial charge in [0, 0.05) is 10.8 Å². The minimum Gasteiger partial charge on any atom is -0.349 e. The molecule has 84 valence electrons. The van der Waals surface area contributed by atoms with E-state index in [0.29, 0.717) is 0 Å². The molecule has 1 amide bonds. The molecule has 1 aromatic rings. The average molecular weight is 225 g/mol. The van der Waals surface area contributed by atoms with Crippen LogP contribution in [0.4, 0.5) is 0 Å². The molecular weight excluding hydrogens is 206 g/mol. The largest absolute Gasteiger partial charge is 0.349 e. The second-order valence-electron chi connectivity index (χ2n) is 3.76. The maximum atomic E-state index is 11.8. The van der Waals surface area contributed by atoms with E-state index in [0.717, 1.165) is 12.8 Å². The van der Waals surface area contributed by atoms with Crippen molar-refractivity contribution in [2.24, 2.45) is 5.92 Å². The highest BCUT2D eigenvalue weighted by atomic mass is 32.1. The molecule has 3 heteroatoms. The fraction of sp³-hybridized carbons (Fsp3) is 0.583. The first-order valence-electron chi connectivity index (χ1n) is 5.52. The van der Waals surface area contributed by atoms with Crippen LogP contribution in [0.15, 0.2) is 17.5 Å². The number of thiophene rings is 1. The maximum absolute atomic E-state index is 11.8. The highest BCUT2D eigenvalue weighted by Crippen LogP contribution is 2.19. The van der Waals surface area contributed by atoms with Gasteiger partial charge in [0.05, 0.1) is 6.04 Å². The van der Waals surface area contributed by atoms with Crippen molar-refractivity contribution in [1.82, 2.24) is 5.32 Å². The van der Waals surface area contributed by atoms with Gasteiger partial charge < -0.3 is 5.32 Å². The van der Waals surface area contributed by atoms with Crippen LogP contribution in [0.5, 0.6) is 0 Å². The van der Waals surface area contributed by atoms with E-state index in [1.807, 2.05) is 18.4 Å². The number of amides is 1. The number of hydrogen-bond acceptors (Lipinski definition) is 2. The van der Waals surface area contributed by atoms with Crippen molar-refractivity contribution in [3.05, 3.63) is 22.4 Å². The van der Waals surface area contributed by atoms with Gasteiger partial charge in [-0.1, -0.05) is 19.9 Å². The van der Waals surface area contributed by atoms with Gasteiger partial charge >= 0.3 is 0 Å². The van der Waals surface area contributed by atoms with Crippen LogP contribution >= 0.6 is 11.3 Å². The molecular formula is C12H19NOS. The molecule has 1 aromatic heterocycles. The van der Waals surface area contributed by atoms with Crippen LogP contribution in [0.2, 0.25) is 0 Å². The Morgan fingerprint density at radius 1 is 1.47 bits per heavy atom. The van der Waals surface area contributed by atoms with Crippen LogP contribution in [0.1, 0.15) is 44.5 Å². The Kier molecular flexibility index (Phi) is 4.82. The summed E-state index contributed by atoms with van der Waals surface area (Å²) in [5, 5.41) is 5.09. The van der Waals surface area contributed by atoms with Gasteiger partial charge in [-0.25, -0.2) is 0 Å². The molecule has 1 atom stereocenters. The molecule has 2 nitrogen and oxygen atoms in total. The summed E-state index contributed by atoms with van der Waals surface area (Å²) < 4.78 is 0. The zero-order valence-corrected chi connectivity index (χ0v) is 10.4. The van der Waals surface area contributed by atoms with E-state index in [1.54, 1.807) is 11.3 Å². The highest BCUT2D eigenvalue weighted by Gasteiger charge is 2.17. The molecule has 0 aliphatic heterocycles. The Balaban J connectivity index is 2.51. The molecule has 0 radical (unpaired) electrons. The van der Waals surface area contributed by atoms with Gasteiger partial charge in [-0.15, -0.1) is 11.3 Å². The average Bonchev–Trinajstić information content (AvgIpc) is 2.72. The molecule has 1 heterocycles. The molecule has 0 spiro atoms. The van der Waals surface area contributed by atoms with E-state index in [9.17, 15) is 4.79 Å². The van der Waals surface area contributed by atoms with Crippen molar-refractivity contribution < 1.29 is 4.79 Å². The fourth-order valence-corrected chi connectivity index (χ4v) is 2.33. The summed E-state index contributed by atoms with van der Waals surface area (Å²) in [6.45, 7) is 6.15. The molecule has 1 unspecified atom stereocenters. The minimum atomic E-state index is 0.137. The van der Waals surface area contributed by atoms with Crippen molar-refractivity contribution in [2.45, 2.75) is 39.7 Å². The molecule has 0 aromatic carbocycles. The van der Waals surface area contributed by atoms with Crippen molar-refractivity contribution in [3.63, 3.8) is 0 Å². The predicted molar refractivity (Wildman–Crippen MR) is 64.9 cm³/mol. The van der Waals surface area contributed by atoms with Gasteiger partial charge in [0.1, 0.15) is 0 Å². The van der Waals surface area contributed by atoms with Crippen LogP contribution in [0.25, 0.3) is 0 Å². The summed E-state index contributed by atoms with van der Waals surface area (Å²) >= 11 is 1.69. The summed E-state index contributed by atoms with van der Waals surface area (Å²) in [4.78, 5) is 13.0. The number of carbonyl (C=O) groups is 1. The van der Waals surface area contributed by atoms with Crippen LogP contribution in [-0.2, 0) is 4.79 Å². The molecule has 0 aliphatic rings. The van der Waals surface area contributed by atoms with Gasteiger partial charge in [-0.3, -0.25) is 4.79 Å². The zero-order chi connectivity index (χ0) is 11.3. The Hall–Kier alpha value is -0.830. The van der Waals surface area contributed by atoms with Crippen molar-refractivity contribution in [1.29, 1.82) is 0 Å². The van der Waals surface area contributed by atoms with Gasteiger partial charge in [0.25, 0.3) is 0 Å². The SMILES string of the molecule is CCC(CC)C(=O)NC(C)c1cccs1. The van der Waals surface area contributed by atoms with Crippen LogP contribution in [-0.4, -0.2) is 5.91 Å². The second-order valence-corrected chi connectivity index (χ2v) is 4.74. The van der Waals surface area contributed by atoms with Gasteiger partial charge in [-0.05, 0) is 31.2 Å². The third-order valence-electron chi connectivity index (χ3n) is 2.69. The number of rotatable bonds is 5. The van der Waals surface area contributed by atoms with Crippen molar-refractivity contribution in [3.8, 4) is 0 Å². The summed E-state index contributed by atoms with van der Waals surface area (Å²) in [5.74, 6) is 0.341. The molecule has 15 heavy (non-hydrogen) atoms. The van der Waals surface area contributed by atoms with E-state index < -0.39 is 0 Å². The molecule has 0 saturated heterocycles. The molecule has 0 aliphatic carbocycles. The topological polar surface area (TPSA) is 29.1 Å². The Labute approximate surface area is 95.7 Å². The van der Waals surface area contributed by atoms with E-state index in [1.165, 1.54) is 4.88 Å². The van der Waals surface area contributed by atoms with Gasteiger partial charge in [0.2, 0.25) is 5.91 Å². The normalized spacial score (nSPS) is 12.8. The monoisotopic (exact) mass is 225 g/mol. The first-order valence-corrected chi connectivity index (χ1v) is 6.40. The fourth-order valence-electron chi connectivity index (χ4n) is 1.60. The lowest BCUT2D eigenvalue weighted by Crippen LogP contribution is -2.31. The molecule has 1 N–H and O–H groups in total. The van der Waals surface area contributed by atoms with Crippen LogP contribution < -0.4 is 5.32 Å². The summed E-state index contributed by atoms with van der Waals surface area (Å²) in [7, 11) is 0. The van der Waals surface area contributed by atoms with Gasteiger partial charge in [0.15, 0.2) is 0 Å². The van der Waals surface area contributed by atoms with Crippen molar-refractivity contribution in [2.75, 3.05) is 0 Å². The van der Waals surface area contributed by atoms with Crippen LogP contribution in [0.3, 0.4) is 0 Å². The molecule has 0 saturated carbocycles. The molecule has 0 bridgehead atoms. The third kappa shape index (κ3) is 3.34. The minimum absolute atomic E-state index is 0.137. The summed E-state index contributed by atoms with van der Waals surface area (Å²) in [6, 6.07) is 4.21.